The minimum Gasteiger partial charge on any atom is -0.212 e. The first-order valence-electron chi connectivity index (χ1n) is 2.98. The second-order valence-electron chi connectivity index (χ2n) is 2.08. The van der Waals surface area contributed by atoms with Gasteiger partial charge >= 0.3 is 12.2 Å². The van der Waals surface area contributed by atoms with Gasteiger partial charge in [0.2, 0.25) is 10.0 Å². The molecule has 0 fully saturated rings. The lowest BCUT2D eigenvalue weighted by Crippen LogP contribution is -2.52. The highest BCUT2D eigenvalue weighted by Gasteiger charge is 2.59. The van der Waals surface area contributed by atoms with Crippen LogP contribution in [0.2, 0.25) is 0 Å². The summed E-state index contributed by atoms with van der Waals surface area (Å²) in [6, 6.07) is -5.41. The van der Waals surface area contributed by atoms with Gasteiger partial charge in [-0.1, -0.05) is 0 Å². The Balaban J connectivity index is 4.72. The van der Waals surface area contributed by atoms with Crippen LogP contribution in [0.15, 0.2) is 0 Å². The van der Waals surface area contributed by atoms with Gasteiger partial charge in [0.1, 0.15) is 0 Å². The Kier molecular flexibility index (Phi) is 3.26. The standard InChI is InChI=1S/C4H6F5NO2S/c1-2-13(11,12)10-4(8,9)3(5,6)7/h10H,2H2,1H3. The van der Waals surface area contributed by atoms with Gasteiger partial charge in [-0.3, -0.25) is 0 Å². The topological polar surface area (TPSA) is 46.2 Å². The minimum absolute atomic E-state index is 0.236. The molecule has 80 valence electrons. The second kappa shape index (κ2) is 3.37. The van der Waals surface area contributed by atoms with Gasteiger partial charge in [-0.05, 0) is 6.92 Å². The van der Waals surface area contributed by atoms with Crippen molar-refractivity contribution in [2.75, 3.05) is 5.75 Å². The molecule has 0 saturated carbocycles. The maximum absolute atomic E-state index is 12.0. The summed E-state index contributed by atoms with van der Waals surface area (Å²) in [5.74, 6) is -0.849. The predicted octanol–water partition coefficient (Wildman–Crippen LogP) is 1.08. The summed E-state index contributed by atoms with van der Waals surface area (Å²) in [6.07, 6.45) is -5.92. The average molecular weight is 227 g/mol. The Labute approximate surface area is 71.0 Å². The van der Waals surface area contributed by atoms with Crippen LogP contribution in [0.1, 0.15) is 6.92 Å². The van der Waals surface area contributed by atoms with Crippen molar-refractivity contribution in [3.63, 3.8) is 0 Å². The smallest absolute Gasteiger partial charge is 0.212 e. The Hall–Kier alpha value is -0.440. The van der Waals surface area contributed by atoms with E-state index in [-0.39, 0.29) is 4.72 Å². The van der Waals surface area contributed by atoms with Crippen LogP contribution in [0.5, 0.6) is 0 Å². The van der Waals surface area contributed by atoms with Crippen molar-refractivity contribution < 1.29 is 30.4 Å². The number of nitrogens with one attached hydrogen (secondary N) is 1. The van der Waals surface area contributed by atoms with Crippen LogP contribution in [0.3, 0.4) is 0 Å². The summed E-state index contributed by atoms with van der Waals surface area (Å²) >= 11 is 0. The van der Waals surface area contributed by atoms with E-state index in [0.29, 0.717) is 0 Å². The quantitative estimate of drug-likeness (QED) is 0.579. The Morgan fingerprint density at radius 1 is 1.15 bits per heavy atom. The summed E-state index contributed by atoms with van der Waals surface area (Å²) in [4.78, 5) is 0. The Bertz CT molecular complexity index is 269. The molecule has 0 aromatic rings. The summed E-state index contributed by atoms with van der Waals surface area (Å²) in [7, 11) is -4.58. The van der Waals surface area contributed by atoms with Gasteiger partial charge in [-0.2, -0.15) is 22.0 Å². The fourth-order valence-corrected chi connectivity index (χ4v) is 0.976. The molecule has 9 heteroatoms. The van der Waals surface area contributed by atoms with Gasteiger partial charge in [0, 0.05) is 0 Å². The molecule has 0 aliphatic rings. The first-order valence-corrected chi connectivity index (χ1v) is 4.63. The first kappa shape index (κ1) is 12.6. The van der Waals surface area contributed by atoms with Gasteiger partial charge in [0.25, 0.3) is 0 Å². The van der Waals surface area contributed by atoms with Crippen LogP contribution in [0.25, 0.3) is 0 Å². The molecule has 0 spiro atoms. The van der Waals surface area contributed by atoms with E-state index in [2.05, 4.69) is 0 Å². The lowest BCUT2D eigenvalue weighted by molar-refractivity contribution is -0.286. The summed E-state index contributed by atoms with van der Waals surface area (Å²) in [5, 5.41) is 0. The van der Waals surface area contributed by atoms with Crippen molar-refractivity contribution in [1.29, 1.82) is 0 Å². The van der Waals surface area contributed by atoms with Crippen LogP contribution < -0.4 is 4.72 Å². The largest absolute Gasteiger partial charge is 0.470 e. The summed E-state index contributed by atoms with van der Waals surface area (Å²) in [6.45, 7) is 0.939. The fraction of sp³-hybridized carbons (Fsp3) is 1.00. The zero-order chi connectivity index (χ0) is 10.9. The maximum atomic E-state index is 12.0. The van der Waals surface area contributed by atoms with Crippen LogP contribution in [0.4, 0.5) is 22.0 Å². The minimum atomic E-state index is -5.92. The van der Waals surface area contributed by atoms with E-state index in [1.807, 2.05) is 0 Å². The molecular weight excluding hydrogens is 221 g/mol. The van der Waals surface area contributed by atoms with Crippen LogP contribution >= 0.6 is 0 Å². The van der Waals surface area contributed by atoms with Crippen molar-refractivity contribution in [3.05, 3.63) is 0 Å². The molecule has 0 aromatic heterocycles. The molecule has 0 saturated heterocycles. The monoisotopic (exact) mass is 227 g/mol. The lowest BCUT2D eigenvalue weighted by Gasteiger charge is -2.19. The highest BCUT2D eigenvalue weighted by atomic mass is 32.2. The average Bonchev–Trinajstić information content (AvgIpc) is 1.83. The van der Waals surface area contributed by atoms with Gasteiger partial charge in [-0.15, -0.1) is 4.72 Å². The molecule has 0 amide bonds. The molecule has 0 aromatic carbocycles. The molecule has 0 bridgehead atoms. The molecule has 0 aliphatic carbocycles. The van der Waals surface area contributed by atoms with Gasteiger partial charge in [-0.25, -0.2) is 8.42 Å². The number of hydrogen-bond acceptors (Lipinski definition) is 2. The van der Waals surface area contributed by atoms with Crippen LogP contribution in [0, 0.1) is 0 Å². The molecule has 0 atom stereocenters. The Morgan fingerprint density at radius 2 is 1.54 bits per heavy atom. The van der Waals surface area contributed by atoms with Crippen molar-refractivity contribution in [2.24, 2.45) is 0 Å². The molecule has 13 heavy (non-hydrogen) atoms. The highest BCUT2D eigenvalue weighted by Crippen LogP contribution is 2.33. The molecule has 0 aliphatic heterocycles. The second-order valence-corrected chi connectivity index (χ2v) is 4.09. The van der Waals surface area contributed by atoms with Gasteiger partial charge < -0.3 is 0 Å². The van der Waals surface area contributed by atoms with Crippen molar-refractivity contribution in [2.45, 2.75) is 19.1 Å². The van der Waals surface area contributed by atoms with Gasteiger partial charge in [0.05, 0.1) is 5.75 Å². The fourth-order valence-electron chi connectivity index (χ4n) is 0.325. The van der Waals surface area contributed by atoms with Crippen molar-refractivity contribution >= 4 is 10.0 Å². The molecule has 0 radical (unpaired) electrons. The third kappa shape index (κ3) is 3.43. The van der Waals surface area contributed by atoms with E-state index < -0.39 is 28.0 Å². The van der Waals surface area contributed by atoms with E-state index in [4.69, 9.17) is 0 Å². The first-order chi connectivity index (χ1) is 5.52. The Morgan fingerprint density at radius 3 is 1.77 bits per heavy atom. The van der Waals surface area contributed by atoms with Gasteiger partial charge in [0.15, 0.2) is 0 Å². The summed E-state index contributed by atoms with van der Waals surface area (Å²) in [5.41, 5.74) is 0. The van der Waals surface area contributed by atoms with E-state index in [1.54, 1.807) is 0 Å². The highest BCUT2D eigenvalue weighted by molar-refractivity contribution is 7.89. The number of alkyl halides is 5. The van der Waals surface area contributed by atoms with Crippen LogP contribution in [-0.2, 0) is 10.0 Å². The van der Waals surface area contributed by atoms with E-state index in [0.717, 1.165) is 6.92 Å². The third-order valence-corrected chi connectivity index (χ3v) is 2.35. The lowest BCUT2D eigenvalue weighted by atomic mass is 10.6. The number of hydrogen-bond donors (Lipinski definition) is 1. The van der Waals surface area contributed by atoms with E-state index in [1.165, 1.54) is 0 Å². The van der Waals surface area contributed by atoms with Crippen molar-refractivity contribution in [3.8, 4) is 0 Å². The molecule has 3 nitrogen and oxygen atoms in total. The zero-order valence-corrected chi connectivity index (χ0v) is 7.14. The van der Waals surface area contributed by atoms with E-state index in [9.17, 15) is 30.4 Å². The van der Waals surface area contributed by atoms with Crippen molar-refractivity contribution in [1.82, 2.24) is 4.72 Å². The number of halogens is 5. The predicted molar refractivity (Wildman–Crippen MR) is 33.6 cm³/mol. The summed E-state index contributed by atoms with van der Waals surface area (Å²) < 4.78 is 79.2. The maximum Gasteiger partial charge on any atom is 0.470 e. The van der Waals surface area contributed by atoms with Crippen LogP contribution in [-0.4, -0.2) is 26.4 Å². The number of sulfonamides is 1. The SMILES string of the molecule is CCS(=O)(=O)NC(F)(F)C(F)(F)F. The third-order valence-electron chi connectivity index (χ3n) is 1.02. The molecular formula is C4H6F5NO2S. The molecule has 1 N–H and O–H groups in total. The normalized spacial score (nSPS) is 14.6. The molecule has 0 rings (SSSR count). The molecule has 0 unspecified atom stereocenters. The molecule has 0 heterocycles. The number of rotatable bonds is 3. The zero-order valence-electron chi connectivity index (χ0n) is 6.32. The van der Waals surface area contributed by atoms with E-state index >= 15 is 0 Å².